The molecule has 0 bridgehead atoms. The molecule has 1 atom stereocenters. The Bertz CT molecular complexity index is 597. The molecule has 1 unspecified atom stereocenters. The van der Waals surface area contributed by atoms with Crippen LogP contribution in [0.15, 0.2) is 23.1 Å². The fourth-order valence-electron chi connectivity index (χ4n) is 2.54. The van der Waals surface area contributed by atoms with Crippen LogP contribution in [0.4, 0.5) is 5.69 Å². The van der Waals surface area contributed by atoms with Gasteiger partial charge in [0.1, 0.15) is 0 Å². The average molecular weight is 356 g/mol. The summed E-state index contributed by atoms with van der Waals surface area (Å²) in [5.41, 5.74) is 6.11. The summed E-state index contributed by atoms with van der Waals surface area (Å²) in [5, 5.41) is 5.93. The quantitative estimate of drug-likeness (QED) is 0.732. The summed E-state index contributed by atoms with van der Waals surface area (Å²) in [6, 6.07) is 5.34. The van der Waals surface area contributed by atoms with E-state index in [0.29, 0.717) is 17.3 Å². The largest absolute Gasteiger partial charge is 0.349 e. The van der Waals surface area contributed by atoms with Crippen molar-refractivity contribution in [3.63, 3.8) is 0 Å². The lowest BCUT2D eigenvalue weighted by molar-refractivity contribution is -0.125. The lowest BCUT2D eigenvalue weighted by Gasteiger charge is -2.32. The Hall–Kier alpha value is -1.24. The number of hydrogen-bond acceptors (Lipinski definition) is 4. The highest BCUT2D eigenvalue weighted by molar-refractivity contribution is 8.01. The first-order chi connectivity index (χ1) is 10.9. The van der Waals surface area contributed by atoms with E-state index >= 15 is 0 Å². The van der Waals surface area contributed by atoms with Crippen molar-refractivity contribution in [3.8, 4) is 0 Å². The van der Waals surface area contributed by atoms with Gasteiger partial charge in [-0.05, 0) is 31.0 Å². The number of halogens is 1. The van der Waals surface area contributed by atoms with E-state index in [0.717, 1.165) is 17.7 Å². The molecule has 1 aliphatic heterocycles. The van der Waals surface area contributed by atoms with Crippen molar-refractivity contribution in [2.24, 2.45) is 5.73 Å². The van der Waals surface area contributed by atoms with Gasteiger partial charge < -0.3 is 16.4 Å². The number of carbonyl (C=O) groups is 2. The number of rotatable bonds is 6. The molecule has 0 spiro atoms. The van der Waals surface area contributed by atoms with Crippen LogP contribution in [0.5, 0.6) is 0 Å². The van der Waals surface area contributed by atoms with Crippen LogP contribution < -0.4 is 16.4 Å². The third kappa shape index (κ3) is 4.19. The maximum Gasteiger partial charge on any atom is 0.238 e. The Balaban J connectivity index is 2.04. The standard InChI is InChI=1S/C16H22ClN3O2S/c1-3-16(4-2,9-18)20-14(21)8-13-15(22)19-11-7-10(17)5-6-12(11)23-13/h5-7,13H,3-4,8-9,18H2,1-2H3,(H,19,22)(H,20,21). The normalized spacial score (nSPS) is 17.4. The molecular weight excluding hydrogens is 334 g/mol. The van der Waals surface area contributed by atoms with Gasteiger partial charge in [0.05, 0.1) is 16.5 Å². The molecular formula is C16H22ClN3O2S. The van der Waals surface area contributed by atoms with Gasteiger partial charge in [-0.15, -0.1) is 11.8 Å². The number of benzene rings is 1. The lowest BCUT2D eigenvalue weighted by atomic mass is 9.92. The minimum absolute atomic E-state index is 0.125. The molecule has 0 saturated heterocycles. The Morgan fingerprint density at radius 1 is 1.43 bits per heavy atom. The Kier molecular flexibility index (Phi) is 5.95. The smallest absolute Gasteiger partial charge is 0.238 e. The fraction of sp³-hybridized carbons (Fsp3) is 0.500. The van der Waals surface area contributed by atoms with Gasteiger partial charge in [-0.3, -0.25) is 9.59 Å². The van der Waals surface area contributed by atoms with E-state index < -0.39 is 10.8 Å². The molecule has 23 heavy (non-hydrogen) atoms. The van der Waals surface area contributed by atoms with Crippen LogP contribution in [0.25, 0.3) is 0 Å². The van der Waals surface area contributed by atoms with Crippen molar-refractivity contribution >= 4 is 40.9 Å². The Morgan fingerprint density at radius 2 is 2.13 bits per heavy atom. The molecule has 5 nitrogen and oxygen atoms in total. The summed E-state index contributed by atoms with van der Waals surface area (Å²) in [6.07, 6.45) is 1.65. The van der Waals surface area contributed by atoms with Crippen molar-refractivity contribution in [2.45, 2.75) is 48.8 Å². The first-order valence-electron chi connectivity index (χ1n) is 7.71. The number of anilines is 1. The summed E-state index contributed by atoms with van der Waals surface area (Å²) in [5.74, 6) is -0.324. The van der Waals surface area contributed by atoms with Crippen molar-refractivity contribution in [1.82, 2.24) is 5.32 Å². The van der Waals surface area contributed by atoms with Gasteiger partial charge in [0.2, 0.25) is 11.8 Å². The van der Waals surface area contributed by atoms with Gasteiger partial charge in [0, 0.05) is 22.9 Å². The van der Waals surface area contributed by atoms with Crippen LogP contribution in [-0.4, -0.2) is 29.1 Å². The minimum atomic E-state index is -0.451. The van der Waals surface area contributed by atoms with Gasteiger partial charge in [-0.1, -0.05) is 25.4 Å². The zero-order chi connectivity index (χ0) is 17.0. The van der Waals surface area contributed by atoms with Crippen molar-refractivity contribution in [1.29, 1.82) is 0 Å². The summed E-state index contributed by atoms with van der Waals surface area (Å²) >= 11 is 7.32. The van der Waals surface area contributed by atoms with Crippen LogP contribution in [0.3, 0.4) is 0 Å². The first-order valence-corrected chi connectivity index (χ1v) is 8.97. The summed E-state index contributed by atoms with van der Waals surface area (Å²) in [6.45, 7) is 4.38. The zero-order valence-corrected chi connectivity index (χ0v) is 14.9. The number of carbonyl (C=O) groups excluding carboxylic acids is 2. The first kappa shape index (κ1) is 18.1. The third-order valence-electron chi connectivity index (χ3n) is 4.28. The van der Waals surface area contributed by atoms with E-state index in [2.05, 4.69) is 10.6 Å². The van der Waals surface area contributed by atoms with Gasteiger partial charge in [-0.25, -0.2) is 0 Å². The fourth-order valence-corrected chi connectivity index (χ4v) is 3.80. The van der Waals surface area contributed by atoms with E-state index in [1.54, 1.807) is 12.1 Å². The van der Waals surface area contributed by atoms with Crippen LogP contribution in [0.2, 0.25) is 5.02 Å². The van der Waals surface area contributed by atoms with Crippen LogP contribution >= 0.6 is 23.4 Å². The molecule has 0 fully saturated rings. The van der Waals surface area contributed by atoms with E-state index in [-0.39, 0.29) is 18.2 Å². The molecule has 126 valence electrons. The van der Waals surface area contributed by atoms with E-state index in [1.807, 2.05) is 19.9 Å². The number of nitrogens with two attached hydrogens (primary N) is 1. The van der Waals surface area contributed by atoms with Gasteiger partial charge in [-0.2, -0.15) is 0 Å². The molecule has 1 aromatic carbocycles. The van der Waals surface area contributed by atoms with Gasteiger partial charge in [0.25, 0.3) is 0 Å². The third-order valence-corrected chi connectivity index (χ3v) is 5.79. The van der Waals surface area contributed by atoms with Gasteiger partial charge in [0.15, 0.2) is 0 Å². The molecule has 0 aliphatic carbocycles. The Labute approximate surface area is 145 Å². The van der Waals surface area contributed by atoms with E-state index in [4.69, 9.17) is 17.3 Å². The van der Waals surface area contributed by atoms with Crippen molar-refractivity contribution in [2.75, 3.05) is 11.9 Å². The molecule has 0 saturated carbocycles. The predicted molar refractivity (Wildman–Crippen MR) is 94.9 cm³/mol. The molecule has 1 aromatic rings. The summed E-state index contributed by atoms with van der Waals surface area (Å²) < 4.78 is 0. The number of nitrogens with one attached hydrogen (secondary N) is 2. The van der Waals surface area contributed by atoms with Crippen LogP contribution in [-0.2, 0) is 9.59 Å². The van der Waals surface area contributed by atoms with E-state index in [1.165, 1.54) is 11.8 Å². The molecule has 1 aliphatic rings. The van der Waals surface area contributed by atoms with Crippen LogP contribution in [0.1, 0.15) is 33.1 Å². The second kappa shape index (κ2) is 7.55. The topological polar surface area (TPSA) is 84.2 Å². The summed E-state index contributed by atoms with van der Waals surface area (Å²) in [4.78, 5) is 25.5. The number of amides is 2. The molecule has 1 heterocycles. The highest BCUT2D eigenvalue weighted by Gasteiger charge is 2.32. The molecule has 0 radical (unpaired) electrons. The molecule has 7 heteroatoms. The van der Waals surface area contributed by atoms with Crippen LogP contribution in [0, 0.1) is 0 Å². The lowest BCUT2D eigenvalue weighted by Crippen LogP contribution is -2.53. The minimum Gasteiger partial charge on any atom is -0.349 e. The number of hydrogen-bond donors (Lipinski definition) is 3. The van der Waals surface area contributed by atoms with Crippen molar-refractivity contribution in [3.05, 3.63) is 23.2 Å². The monoisotopic (exact) mass is 355 g/mol. The maximum atomic E-state index is 12.3. The highest BCUT2D eigenvalue weighted by atomic mass is 35.5. The van der Waals surface area contributed by atoms with E-state index in [9.17, 15) is 9.59 Å². The number of fused-ring (bicyclic) bond motifs is 1. The number of thioether (sulfide) groups is 1. The second-order valence-electron chi connectivity index (χ2n) is 5.68. The van der Waals surface area contributed by atoms with Gasteiger partial charge >= 0.3 is 0 Å². The molecule has 2 rings (SSSR count). The summed E-state index contributed by atoms with van der Waals surface area (Å²) in [7, 11) is 0. The average Bonchev–Trinajstić information content (AvgIpc) is 2.53. The molecule has 2 amide bonds. The Morgan fingerprint density at radius 3 is 2.74 bits per heavy atom. The zero-order valence-electron chi connectivity index (χ0n) is 13.3. The second-order valence-corrected chi connectivity index (χ2v) is 7.36. The predicted octanol–water partition coefficient (Wildman–Crippen LogP) is 2.78. The SMILES string of the molecule is CCC(CC)(CN)NC(=O)CC1Sc2ccc(Cl)cc2NC1=O. The van der Waals surface area contributed by atoms with Crippen molar-refractivity contribution < 1.29 is 9.59 Å². The molecule has 0 aromatic heterocycles. The maximum absolute atomic E-state index is 12.3. The highest BCUT2D eigenvalue weighted by Crippen LogP contribution is 2.38. The molecule has 4 N–H and O–H groups in total.